The molecule has 0 amide bonds. The van der Waals surface area contributed by atoms with Crippen molar-refractivity contribution >= 4 is 33.3 Å². The van der Waals surface area contributed by atoms with Crippen molar-refractivity contribution in [2.24, 2.45) is 0 Å². The number of hydrogen-bond donors (Lipinski definition) is 0. The molecule has 3 heterocycles. The summed E-state index contributed by atoms with van der Waals surface area (Å²) in [4.78, 5) is 51.2. The number of likely N-dealkylation sites (N-methyl/N-ethyl adjacent to an activating group) is 1. The van der Waals surface area contributed by atoms with Gasteiger partial charge in [0.2, 0.25) is 0 Å². The predicted octanol–water partition coefficient (Wildman–Crippen LogP) is 2.43. The van der Waals surface area contributed by atoms with Crippen LogP contribution in [-0.2, 0) is 6.54 Å². The van der Waals surface area contributed by atoms with Gasteiger partial charge < -0.3 is 19.3 Å². The topological polar surface area (TPSA) is 138 Å². The summed E-state index contributed by atoms with van der Waals surface area (Å²) in [5.74, 6) is 1.87. The minimum absolute atomic E-state index is 0.165. The van der Waals surface area contributed by atoms with Crippen molar-refractivity contribution in [2.45, 2.75) is 25.4 Å². The van der Waals surface area contributed by atoms with E-state index in [2.05, 4.69) is 14.9 Å². The molecule has 13 nitrogen and oxygen atoms in total. The number of benzene rings is 2. The van der Waals surface area contributed by atoms with Gasteiger partial charge in [-0.3, -0.25) is 24.0 Å². The standard InChI is InChI=1S/C27H31N7O6/c1-30(2)11-12-32-22-6-5-18(34(37)38)13-20(22)26(35)33(27(32)36)17-7-9-31(10-8-17)25-19-14-23(39-3)24(40-4)15-21(19)28-16-29-25/h5-6,13-17H,7-12H2,1-4H3. The molecule has 1 saturated heterocycles. The number of hydrogen-bond acceptors (Lipinski definition) is 10. The number of ether oxygens (including phenoxy) is 2. The molecular weight excluding hydrogens is 518 g/mol. The van der Waals surface area contributed by atoms with Crippen LogP contribution in [0.2, 0.25) is 0 Å². The summed E-state index contributed by atoms with van der Waals surface area (Å²) in [6, 6.07) is 7.36. The van der Waals surface area contributed by atoms with Gasteiger partial charge in [0.25, 0.3) is 11.2 Å². The van der Waals surface area contributed by atoms with E-state index in [1.807, 2.05) is 25.1 Å². The normalized spacial score (nSPS) is 14.3. The van der Waals surface area contributed by atoms with Gasteiger partial charge >= 0.3 is 5.69 Å². The van der Waals surface area contributed by atoms with E-state index in [4.69, 9.17) is 9.47 Å². The van der Waals surface area contributed by atoms with Crippen LogP contribution < -0.4 is 25.6 Å². The highest BCUT2D eigenvalue weighted by Gasteiger charge is 2.27. The van der Waals surface area contributed by atoms with Crippen molar-refractivity contribution in [3.63, 3.8) is 0 Å². The number of nitro groups is 1. The van der Waals surface area contributed by atoms with Crippen LogP contribution in [0.4, 0.5) is 11.5 Å². The third-order valence-electron chi connectivity index (χ3n) is 7.39. The van der Waals surface area contributed by atoms with E-state index in [0.717, 1.165) is 11.2 Å². The van der Waals surface area contributed by atoms with Gasteiger partial charge in [0.15, 0.2) is 11.5 Å². The van der Waals surface area contributed by atoms with Crippen LogP contribution in [0, 0.1) is 10.1 Å². The first-order valence-electron chi connectivity index (χ1n) is 12.9. The second-order valence-corrected chi connectivity index (χ2v) is 10.0. The van der Waals surface area contributed by atoms with Crippen LogP contribution in [0.3, 0.4) is 0 Å². The van der Waals surface area contributed by atoms with Gasteiger partial charge in [0.05, 0.1) is 35.6 Å². The smallest absolute Gasteiger partial charge is 0.331 e. The zero-order valence-electron chi connectivity index (χ0n) is 22.9. The fraction of sp³-hybridized carbons (Fsp3) is 0.407. The van der Waals surface area contributed by atoms with Gasteiger partial charge in [0.1, 0.15) is 12.1 Å². The van der Waals surface area contributed by atoms with Crippen molar-refractivity contribution in [1.29, 1.82) is 0 Å². The Balaban J connectivity index is 1.51. The highest BCUT2D eigenvalue weighted by molar-refractivity contribution is 5.92. The highest BCUT2D eigenvalue weighted by Crippen LogP contribution is 2.36. The summed E-state index contributed by atoms with van der Waals surface area (Å²) in [7, 11) is 6.93. The third kappa shape index (κ3) is 4.83. The lowest BCUT2D eigenvalue weighted by atomic mass is 10.0. The van der Waals surface area contributed by atoms with E-state index in [0.29, 0.717) is 61.6 Å². The highest BCUT2D eigenvalue weighted by atomic mass is 16.6. The molecule has 2 aromatic carbocycles. The molecule has 13 heteroatoms. The Labute approximate surface area is 229 Å². The van der Waals surface area contributed by atoms with Gasteiger partial charge in [-0.2, -0.15) is 0 Å². The van der Waals surface area contributed by atoms with Crippen LogP contribution >= 0.6 is 0 Å². The molecule has 0 aliphatic carbocycles. The zero-order valence-corrected chi connectivity index (χ0v) is 22.9. The van der Waals surface area contributed by atoms with Crippen molar-refractivity contribution in [2.75, 3.05) is 52.8 Å². The Morgan fingerprint density at radius 2 is 1.73 bits per heavy atom. The second kappa shape index (κ2) is 10.9. The predicted molar refractivity (Wildman–Crippen MR) is 151 cm³/mol. The number of rotatable bonds is 8. The van der Waals surface area contributed by atoms with Gasteiger partial charge in [-0.1, -0.05) is 0 Å². The fourth-order valence-electron chi connectivity index (χ4n) is 5.29. The van der Waals surface area contributed by atoms with E-state index >= 15 is 0 Å². The largest absolute Gasteiger partial charge is 0.493 e. The Morgan fingerprint density at radius 3 is 2.38 bits per heavy atom. The second-order valence-electron chi connectivity index (χ2n) is 10.0. The maximum atomic E-state index is 13.7. The fourth-order valence-corrected chi connectivity index (χ4v) is 5.29. The molecular formula is C27H31N7O6. The molecule has 0 bridgehead atoms. The number of nitro benzene ring substituents is 1. The first-order valence-corrected chi connectivity index (χ1v) is 12.9. The van der Waals surface area contributed by atoms with Gasteiger partial charge in [-0.25, -0.2) is 14.8 Å². The Bertz CT molecular complexity index is 1710. The Kier molecular flexibility index (Phi) is 7.39. The van der Waals surface area contributed by atoms with E-state index in [1.54, 1.807) is 24.9 Å². The van der Waals surface area contributed by atoms with Crippen LogP contribution in [0.1, 0.15) is 18.9 Å². The SMILES string of the molecule is COc1cc2ncnc(N3CCC(n4c(=O)c5cc([N+](=O)[O-])ccc5n(CCN(C)C)c4=O)CC3)c2cc1OC. The summed E-state index contributed by atoms with van der Waals surface area (Å²) in [5.41, 5.74) is 0.00359. The Morgan fingerprint density at radius 1 is 1.02 bits per heavy atom. The zero-order chi connectivity index (χ0) is 28.6. The summed E-state index contributed by atoms with van der Waals surface area (Å²) in [6.45, 7) is 2.00. The van der Waals surface area contributed by atoms with Crippen molar-refractivity contribution < 1.29 is 14.4 Å². The molecule has 1 aliphatic heterocycles. The molecule has 0 radical (unpaired) electrons. The first kappa shape index (κ1) is 27.1. The number of fused-ring (bicyclic) bond motifs is 2. The molecule has 0 spiro atoms. The van der Waals surface area contributed by atoms with Gasteiger partial charge in [-0.15, -0.1) is 0 Å². The van der Waals surface area contributed by atoms with Crippen molar-refractivity contribution in [1.82, 2.24) is 24.0 Å². The van der Waals surface area contributed by atoms with Gasteiger partial charge in [0, 0.05) is 55.8 Å². The minimum atomic E-state index is -0.534. The molecule has 0 atom stereocenters. The van der Waals surface area contributed by atoms with E-state index in [1.165, 1.54) is 29.1 Å². The average molecular weight is 550 g/mol. The molecule has 1 aliphatic rings. The number of anilines is 1. The molecule has 0 unspecified atom stereocenters. The van der Waals surface area contributed by atoms with E-state index < -0.39 is 16.2 Å². The molecule has 2 aromatic heterocycles. The lowest BCUT2D eigenvalue weighted by Gasteiger charge is -2.34. The van der Waals surface area contributed by atoms with E-state index in [-0.39, 0.29) is 17.1 Å². The van der Waals surface area contributed by atoms with Crippen LogP contribution in [0.5, 0.6) is 11.5 Å². The lowest BCUT2D eigenvalue weighted by Crippen LogP contribution is -2.46. The van der Waals surface area contributed by atoms with Crippen molar-refractivity contribution in [3.05, 3.63) is 67.6 Å². The van der Waals surface area contributed by atoms with Crippen LogP contribution in [-0.4, -0.2) is 76.9 Å². The molecule has 0 N–H and O–H groups in total. The number of non-ortho nitro benzene ring substituents is 1. The minimum Gasteiger partial charge on any atom is -0.493 e. The molecule has 4 aromatic rings. The van der Waals surface area contributed by atoms with Gasteiger partial charge in [-0.05, 0) is 39.1 Å². The monoisotopic (exact) mass is 549 g/mol. The summed E-state index contributed by atoms with van der Waals surface area (Å²) in [6.07, 6.45) is 2.53. The molecule has 1 fully saturated rings. The molecule has 40 heavy (non-hydrogen) atoms. The Hall–Kier alpha value is -4.52. The average Bonchev–Trinajstić information content (AvgIpc) is 2.96. The number of methoxy groups -OCH3 is 2. The number of nitrogens with zero attached hydrogens (tertiary/aromatic N) is 7. The molecule has 0 saturated carbocycles. The maximum absolute atomic E-state index is 13.7. The first-order chi connectivity index (χ1) is 19.2. The molecule has 210 valence electrons. The maximum Gasteiger partial charge on any atom is 0.331 e. The van der Waals surface area contributed by atoms with Crippen molar-refractivity contribution in [3.8, 4) is 11.5 Å². The lowest BCUT2D eigenvalue weighted by molar-refractivity contribution is -0.384. The number of aromatic nitrogens is 4. The summed E-state index contributed by atoms with van der Waals surface area (Å²) >= 11 is 0. The van der Waals surface area contributed by atoms with E-state index in [9.17, 15) is 19.7 Å². The quantitative estimate of drug-likeness (QED) is 0.238. The molecule has 5 rings (SSSR count). The number of piperidine rings is 1. The summed E-state index contributed by atoms with van der Waals surface area (Å²) in [5, 5.41) is 12.4. The van der Waals surface area contributed by atoms with Crippen LogP contribution in [0.25, 0.3) is 21.8 Å². The summed E-state index contributed by atoms with van der Waals surface area (Å²) < 4.78 is 13.7. The third-order valence-corrected chi connectivity index (χ3v) is 7.39. The van der Waals surface area contributed by atoms with Crippen LogP contribution in [0.15, 0.2) is 46.2 Å².